The number of hydrogen-bond donors (Lipinski definition) is 1. The number of nitrogens with zero attached hydrogens (tertiary/aromatic N) is 2. The second-order valence-electron chi connectivity index (χ2n) is 6.09. The molecule has 2 fully saturated rings. The molecular weight excluding hydrogens is 260 g/mol. The lowest BCUT2D eigenvalue weighted by atomic mass is 9.80. The number of carbonyl (C=O) groups excluding carboxylic acids is 1. The molecule has 0 aromatic rings. The summed E-state index contributed by atoms with van der Waals surface area (Å²) in [5.41, 5.74) is -0.686. The Bertz CT molecular complexity index is 371. The number of hydrogen-bond acceptors (Lipinski definition) is 3. The topological polar surface area (TPSA) is 70.1 Å². The van der Waals surface area contributed by atoms with Crippen LogP contribution < -0.4 is 0 Å². The number of aliphatic carboxylic acids is 1. The van der Waals surface area contributed by atoms with Crippen LogP contribution in [0.2, 0.25) is 0 Å². The number of rotatable bonds is 2. The smallest absolute Gasteiger partial charge is 0.319 e. The zero-order chi connectivity index (χ0) is 14.8. The lowest BCUT2D eigenvalue weighted by Gasteiger charge is -2.40. The standard InChI is InChI=1S/C14H24N2O4/c1-14(12(17)18)5-7-16(8-6-14)13(19)15(2)11-3-9-20-10-4-11/h11H,3-10H2,1-2H3,(H,17,18). The van der Waals surface area contributed by atoms with E-state index < -0.39 is 11.4 Å². The Balaban J connectivity index is 1.89. The third-order valence-corrected chi connectivity index (χ3v) is 4.69. The first-order valence-electron chi connectivity index (χ1n) is 7.27. The van der Waals surface area contributed by atoms with Crippen LogP contribution in [-0.2, 0) is 9.53 Å². The molecule has 2 aliphatic heterocycles. The first kappa shape index (κ1) is 15.1. The van der Waals surface area contributed by atoms with E-state index in [2.05, 4.69) is 0 Å². The number of ether oxygens (including phenoxy) is 1. The highest BCUT2D eigenvalue weighted by molar-refractivity contribution is 5.77. The van der Waals surface area contributed by atoms with Gasteiger partial charge < -0.3 is 19.6 Å². The van der Waals surface area contributed by atoms with Gasteiger partial charge in [-0.05, 0) is 32.6 Å². The zero-order valence-electron chi connectivity index (χ0n) is 12.3. The van der Waals surface area contributed by atoms with Crippen LogP contribution in [0.1, 0.15) is 32.6 Å². The van der Waals surface area contributed by atoms with Crippen molar-refractivity contribution >= 4 is 12.0 Å². The van der Waals surface area contributed by atoms with E-state index in [4.69, 9.17) is 4.74 Å². The Morgan fingerprint density at radius 2 is 1.80 bits per heavy atom. The van der Waals surface area contributed by atoms with Gasteiger partial charge in [-0.15, -0.1) is 0 Å². The average molecular weight is 284 g/mol. The second kappa shape index (κ2) is 5.99. The van der Waals surface area contributed by atoms with Crippen molar-refractivity contribution in [2.45, 2.75) is 38.6 Å². The van der Waals surface area contributed by atoms with Crippen molar-refractivity contribution in [3.8, 4) is 0 Å². The summed E-state index contributed by atoms with van der Waals surface area (Å²) in [6, 6.07) is 0.258. The summed E-state index contributed by atoms with van der Waals surface area (Å²) in [6.45, 7) is 4.22. The predicted octanol–water partition coefficient (Wildman–Crippen LogP) is 1.40. The highest BCUT2D eigenvalue weighted by Gasteiger charge is 2.39. The van der Waals surface area contributed by atoms with Gasteiger partial charge in [0, 0.05) is 39.4 Å². The lowest BCUT2D eigenvalue weighted by Crippen LogP contribution is -2.52. The van der Waals surface area contributed by atoms with Gasteiger partial charge in [-0.25, -0.2) is 4.79 Å². The summed E-state index contributed by atoms with van der Waals surface area (Å²) in [5.74, 6) is -0.762. The van der Waals surface area contributed by atoms with E-state index in [1.54, 1.807) is 16.7 Å². The van der Waals surface area contributed by atoms with Crippen LogP contribution >= 0.6 is 0 Å². The maximum absolute atomic E-state index is 12.4. The molecule has 6 nitrogen and oxygen atoms in total. The molecule has 114 valence electrons. The molecule has 0 aromatic heterocycles. The highest BCUT2D eigenvalue weighted by Crippen LogP contribution is 2.31. The molecule has 1 N–H and O–H groups in total. The minimum Gasteiger partial charge on any atom is -0.481 e. The fourth-order valence-electron chi connectivity index (χ4n) is 2.86. The van der Waals surface area contributed by atoms with Crippen molar-refractivity contribution in [1.29, 1.82) is 0 Å². The van der Waals surface area contributed by atoms with Crippen molar-refractivity contribution in [1.82, 2.24) is 9.80 Å². The first-order chi connectivity index (χ1) is 9.44. The maximum Gasteiger partial charge on any atom is 0.319 e. The number of piperidine rings is 1. The first-order valence-corrected chi connectivity index (χ1v) is 7.27. The van der Waals surface area contributed by atoms with Gasteiger partial charge in [0.05, 0.1) is 5.41 Å². The Hall–Kier alpha value is -1.30. The van der Waals surface area contributed by atoms with Gasteiger partial charge in [0.15, 0.2) is 0 Å². The van der Waals surface area contributed by atoms with E-state index in [0.29, 0.717) is 39.1 Å². The lowest BCUT2D eigenvalue weighted by molar-refractivity contribution is -0.150. The number of urea groups is 1. The monoisotopic (exact) mass is 284 g/mol. The fraction of sp³-hybridized carbons (Fsp3) is 0.857. The highest BCUT2D eigenvalue weighted by atomic mass is 16.5. The number of amides is 2. The molecule has 2 aliphatic rings. The summed E-state index contributed by atoms with van der Waals surface area (Å²) < 4.78 is 5.31. The molecule has 0 spiro atoms. The summed E-state index contributed by atoms with van der Waals surface area (Å²) in [4.78, 5) is 27.2. The van der Waals surface area contributed by atoms with Crippen LogP contribution in [-0.4, -0.2) is 66.3 Å². The van der Waals surface area contributed by atoms with E-state index in [1.807, 2.05) is 7.05 Å². The Morgan fingerprint density at radius 1 is 1.25 bits per heavy atom. The molecule has 0 aliphatic carbocycles. The number of carboxylic acids is 1. The van der Waals surface area contributed by atoms with E-state index in [1.165, 1.54) is 0 Å². The van der Waals surface area contributed by atoms with Gasteiger partial charge >= 0.3 is 12.0 Å². The molecule has 0 unspecified atom stereocenters. The van der Waals surface area contributed by atoms with E-state index in [9.17, 15) is 14.7 Å². The quantitative estimate of drug-likeness (QED) is 0.832. The van der Waals surface area contributed by atoms with Gasteiger partial charge in [-0.2, -0.15) is 0 Å². The van der Waals surface area contributed by atoms with Gasteiger partial charge in [-0.3, -0.25) is 4.79 Å². The van der Waals surface area contributed by atoms with Crippen LogP contribution in [0.3, 0.4) is 0 Å². The van der Waals surface area contributed by atoms with Crippen molar-refractivity contribution < 1.29 is 19.4 Å². The van der Waals surface area contributed by atoms with Crippen molar-refractivity contribution in [3.05, 3.63) is 0 Å². The maximum atomic E-state index is 12.4. The normalized spacial score (nSPS) is 23.4. The number of carboxylic acid groups (broad SMARTS) is 1. The average Bonchev–Trinajstić information content (AvgIpc) is 2.47. The third kappa shape index (κ3) is 3.06. The molecule has 0 saturated carbocycles. The molecule has 0 radical (unpaired) electrons. The summed E-state index contributed by atoms with van der Waals surface area (Å²) in [6.07, 6.45) is 2.80. The summed E-state index contributed by atoms with van der Waals surface area (Å²) >= 11 is 0. The van der Waals surface area contributed by atoms with E-state index >= 15 is 0 Å². The third-order valence-electron chi connectivity index (χ3n) is 4.69. The van der Waals surface area contributed by atoms with Crippen LogP contribution in [0.15, 0.2) is 0 Å². The van der Waals surface area contributed by atoms with E-state index in [-0.39, 0.29) is 12.1 Å². The largest absolute Gasteiger partial charge is 0.481 e. The predicted molar refractivity (Wildman–Crippen MR) is 73.5 cm³/mol. The van der Waals surface area contributed by atoms with Gasteiger partial charge in [0.1, 0.15) is 0 Å². The fourth-order valence-corrected chi connectivity index (χ4v) is 2.86. The molecular formula is C14H24N2O4. The molecule has 0 atom stereocenters. The molecule has 0 aromatic carbocycles. The van der Waals surface area contributed by atoms with Gasteiger partial charge in [0.25, 0.3) is 0 Å². The molecule has 2 rings (SSSR count). The molecule has 0 bridgehead atoms. The van der Waals surface area contributed by atoms with Crippen LogP contribution in [0.4, 0.5) is 4.79 Å². The van der Waals surface area contributed by atoms with Crippen LogP contribution in [0.25, 0.3) is 0 Å². The van der Waals surface area contributed by atoms with Crippen LogP contribution in [0, 0.1) is 5.41 Å². The molecule has 2 saturated heterocycles. The van der Waals surface area contributed by atoms with Crippen molar-refractivity contribution in [3.63, 3.8) is 0 Å². The Labute approximate surface area is 119 Å². The molecule has 2 heterocycles. The van der Waals surface area contributed by atoms with Crippen molar-refractivity contribution in [2.75, 3.05) is 33.4 Å². The van der Waals surface area contributed by atoms with E-state index in [0.717, 1.165) is 12.8 Å². The zero-order valence-corrected chi connectivity index (χ0v) is 12.3. The number of carbonyl (C=O) groups is 2. The van der Waals surface area contributed by atoms with Crippen LogP contribution in [0.5, 0.6) is 0 Å². The minimum absolute atomic E-state index is 0.0179. The minimum atomic E-state index is -0.762. The SMILES string of the molecule is CN(C(=O)N1CCC(C)(C(=O)O)CC1)C1CCOCC1. The summed E-state index contributed by atoms with van der Waals surface area (Å²) in [7, 11) is 1.84. The summed E-state index contributed by atoms with van der Waals surface area (Å²) in [5, 5.41) is 9.21. The Morgan fingerprint density at radius 3 is 2.30 bits per heavy atom. The molecule has 2 amide bonds. The molecule has 20 heavy (non-hydrogen) atoms. The second-order valence-corrected chi connectivity index (χ2v) is 6.09. The van der Waals surface area contributed by atoms with Gasteiger partial charge in [-0.1, -0.05) is 0 Å². The molecule has 6 heteroatoms. The number of likely N-dealkylation sites (tertiary alicyclic amines) is 1. The van der Waals surface area contributed by atoms with Crippen molar-refractivity contribution in [2.24, 2.45) is 5.41 Å². The van der Waals surface area contributed by atoms with Gasteiger partial charge in [0.2, 0.25) is 0 Å². The Kier molecular flexibility index (Phi) is 4.52.